The molecule has 0 amide bonds. The van der Waals surface area contributed by atoms with Crippen LogP contribution in [-0.4, -0.2) is 23.4 Å². The second-order valence-electron chi connectivity index (χ2n) is 5.13. The Morgan fingerprint density at radius 1 is 1.16 bits per heavy atom. The molecule has 2 heterocycles. The molecule has 98 valence electrons. The van der Waals surface area contributed by atoms with Crippen LogP contribution in [-0.2, 0) is 0 Å². The molecule has 1 N–H and O–H groups in total. The van der Waals surface area contributed by atoms with E-state index in [0.717, 1.165) is 42.1 Å². The summed E-state index contributed by atoms with van der Waals surface area (Å²) in [4.78, 5) is 16.9. The van der Waals surface area contributed by atoms with Gasteiger partial charge < -0.3 is 5.32 Å². The average molecular weight is 254 g/mol. The summed E-state index contributed by atoms with van der Waals surface area (Å²) in [6, 6.07) is 7.90. The predicted molar refractivity (Wildman–Crippen MR) is 76.3 cm³/mol. The van der Waals surface area contributed by atoms with Gasteiger partial charge in [-0.1, -0.05) is 37.1 Å². The number of ketones is 1. The fourth-order valence-electron chi connectivity index (χ4n) is 2.75. The number of carbonyl (C=O) groups is 1. The molecule has 1 fully saturated rings. The molecule has 2 aromatic rings. The van der Waals surface area contributed by atoms with Crippen LogP contribution in [0.4, 0.5) is 0 Å². The van der Waals surface area contributed by atoms with Crippen LogP contribution in [0.1, 0.15) is 36.0 Å². The van der Waals surface area contributed by atoms with Gasteiger partial charge in [-0.2, -0.15) is 0 Å². The Morgan fingerprint density at radius 2 is 2.05 bits per heavy atom. The van der Waals surface area contributed by atoms with Crippen molar-refractivity contribution in [2.45, 2.75) is 31.7 Å². The quantitative estimate of drug-likeness (QED) is 0.838. The summed E-state index contributed by atoms with van der Waals surface area (Å²) >= 11 is 0. The Labute approximate surface area is 113 Å². The van der Waals surface area contributed by atoms with Crippen LogP contribution in [0.25, 0.3) is 10.8 Å². The highest BCUT2D eigenvalue weighted by Crippen LogP contribution is 2.20. The lowest BCUT2D eigenvalue weighted by Gasteiger charge is -2.15. The van der Waals surface area contributed by atoms with Crippen LogP contribution in [0, 0.1) is 0 Å². The second-order valence-corrected chi connectivity index (χ2v) is 5.13. The van der Waals surface area contributed by atoms with Crippen molar-refractivity contribution in [1.29, 1.82) is 0 Å². The Morgan fingerprint density at radius 3 is 3.00 bits per heavy atom. The minimum atomic E-state index is -0.0462. The first-order chi connectivity index (χ1) is 9.36. The molecule has 0 radical (unpaired) electrons. The molecule has 0 saturated carbocycles. The van der Waals surface area contributed by atoms with Gasteiger partial charge in [0.1, 0.15) is 0 Å². The van der Waals surface area contributed by atoms with Crippen molar-refractivity contribution in [3.8, 4) is 0 Å². The molecule has 1 atom stereocenters. The maximum Gasteiger partial charge on any atom is 0.181 e. The van der Waals surface area contributed by atoms with Crippen LogP contribution in [0.3, 0.4) is 0 Å². The normalized spacial score (nSPS) is 20.1. The van der Waals surface area contributed by atoms with Gasteiger partial charge in [0.25, 0.3) is 0 Å². The van der Waals surface area contributed by atoms with Crippen molar-refractivity contribution >= 4 is 16.6 Å². The van der Waals surface area contributed by atoms with Crippen LogP contribution in [0.2, 0.25) is 0 Å². The van der Waals surface area contributed by atoms with E-state index in [1.165, 1.54) is 6.42 Å². The number of nitrogens with zero attached hydrogens (tertiary/aromatic N) is 1. The summed E-state index contributed by atoms with van der Waals surface area (Å²) < 4.78 is 0. The Bertz CT molecular complexity index is 581. The Hall–Kier alpha value is -1.74. The lowest BCUT2D eigenvalue weighted by molar-refractivity contribution is 0.0942. The van der Waals surface area contributed by atoms with Gasteiger partial charge >= 0.3 is 0 Å². The number of aromatic nitrogens is 1. The molecule has 0 aliphatic carbocycles. The third kappa shape index (κ3) is 2.51. The van der Waals surface area contributed by atoms with Crippen molar-refractivity contribution in [3.05, 3.63) is 42.2 Å². The van der Waals surface area contributed by atoms with Gasteiger partial charge in [0.2, 0.25) is 0 Å². The second kappa shape index (κ2) is 5.49. The smallest absolute Gasteiger partial charge is 0.181 e. The number of hydrogen-bond acceptors (Lipinski definition) is 3. The molecular formula is C16H18N2O. The van der Waals surface area contributed by atoms with E-state index in [1.54, 1.807) is 6.20 Å². The highest BCUT2D eigenvalue weighted by Gasteiger charge is 2.22. The molecule has 3 rings (SSSR count). The summed E-state index contributed by atoms with van der Waals surface area (Å²) in [5.41, 5.74) is 0.748. The Balaban J connectivity index is 1.96. The lowest BCUT2D eigenvalue weighted by atomic mass is 9.97. The van der Waals surface area contributed by atoms with Crippen molar-refractivity contribution in [2.75, 3.05) is 6.54 Å². The van der Waals surface area contributed by atoms with E-state index < -0.39 is 0 Å². The van der Waals surface area contributed by atoms with Crippen LogP contribution < -0.4 is 5.32 Å². The number of pyridine rings is 1. The fraction of sp³-hybridized carbons (Fsp3) is 0.375. The van der Waals surface area contributed by atoms with Gasteiger partial charge in [-0.15, -0.1) is 0 Å². The predicted octanol–water partition coefficient (Wildman–Crippen LogP) is 2.95. The number of rotatable bonds is 2. The number of hydrogen-bond donors (Lipinski definition) is 1. The van der Waals surface area contributed by atoms with Gasteiger partial charge in [-0.3, -0.25) is 9.78 Å². The highest BCUT2D eigenvalue weighted by molar-refractivity contribution is 6.10. The van der Waals surface area contributed by atoms with Gasteiger partial charge in [0.05, 0.1) is 6.04 Å². The molecule has 0 spiro atoms. The summed E-state index contributed by atoms with van der Waals surface area (Å²) in [6.07, 6.45) is 7.95. The number of benzene rings is 1. The van der Waals surface area contributed by atoms with E-state index >= 15 is 0 Å². The first-order valence-electron chi connectivity index (χ1n) is 6.96. The van der Waals surface area contributed by atoms with Crippen LogP contribution in [0.5, 0.6) is 0 Å². The zero-order chi connectivity index (χ0) is 13.1. The number of nitrogens with one attached hydrogen (secondary N) is 1. The fourth-order valence-corrected chi connectivity index (χ4v) is 2.75. The summed E-state index contributed by atoms with van der Waals surface area (Å²) in [6.45, 7) is 0.939. The molecule has 3 nitrogen and oxygen atoms in total. The van der Waals surface area contributed by atoms with Crippen molar-refractivity contribution < 1.29 is 4.79 Å². The van der Waals surface area contributed by atoms with Crippen LogP contribution in [0.15, 0.2) is 36.7 Å². The molecule has 1 aromatic heterocycles. The molecule has 3 heteroatoms. The maximum absolute atomic E-state index is 12.7. The van der Waals surface area contributed by atoms with E-state index in [-0.39, 0.29) is 11.8 Å². The van der Waals surface area contributed by atoms with Crippen LogP contribution >= 0.6 is 0 Å². The zero-order valence-electron chi connectivity index (χ0n) is 10.9. The summed E-state index contributed by atoms with van der Waals surface area (Å²) in [7, 11) is 0. The molecule has 1 unspecified atom stereocenters. The van der Waals surface area contributed by atoms with Gasteiger partial charge in [-0.25, -0.2) is 0 Å². The standard InChI is InChI=1S/C16H18N2O/c19-16(15-8-2-1-5-9-18-15)14-11-17-10-12-6-3-4-7-13(12)14/h3-4,6-7,10-11,15,18H,1-2,5,8-9H2. The van der Waals surface area contributed by atoms with Gasteiger partial charge in [-0.05, 0) is 24.8 Å². The molecule has 0 bridgehead atoms. The van der Waals surface area contributed by atoms with E-state index in [2.05, 4.69) is 10.3 Å². The van der Waals surface area contributed by atoms with Crippen molar-refractivity contribution in [1.82, 2.24) is 10.3 Å². The van der Waals surface area contributed by atoms with Gasteiger partial charge in [0, 0.05) is 23.3 Å². The molecule has 19 heavy (non-hydrogen) atoms. The van der Waals surface area contributed by atoms with Crippen molar-refractivity contribution in [2.24, 2.45) is 0 Å². The van der Waals surface area contributed by atoms with E-state index in [0.29, 0.717) is 0 Å². The SMILES string of the molecule is O=C(c1cncc2ccccc12)C1CCCCCN1. The average Bonchev–Trinajstić information content (AvgIpc) is 2.75. The highest BCUT2D eigenvalue weighted by atomic mass is 16.1. The maximum atomic E-state index is 12.7. The van der Waals surface area contributed by atoms with E-state index in [4.69, 9.17) is 0 Å². The monoisotopic (exact) mass is 254 g/mol. The summed E-state index contributed by atoms with van der Waals surface area (Å²) in [5, 5.41) is 5.40. The van der Waals surface area contributed by atoms with E-state index in [9.17, 15) is 4.79 Å². The molecule has 1 aromatic carbocycles. The Kier molecular flexibility index (Phi) is 3.56. The van der Waals surface area contributed by atoms with Gasteiger partial charge in [0.15, 0.2) is 5.78 Å². The number of Topliss-reactive ketones (excluding diaryl/α,β-unsaturated/α-hetero) is 1. The molecular weight excluding hydrogens is 236 g/mol. The minimum Gasteiger partial charge on any atom is -0.307 e. The number of carbonyl (C=O) groups excluding carboxylic acids is 1. The van der Waals surface area contributed by atoms with Crippen molar-refractivity contribution in [3.63, 3.8) is 0 Å². The first-order valence-corrected chi connectivity index (χ1v) is 6.96. The third-order valence-electron chi connectivity index (χ3n) is 3.81. The largest absolute Gasteiger partial charge is 0.307 e. The third-order valence-corrected chi connectivity index (χ3v) is 3.81. The zero-order valence-corrected chi connectivity index (χ0v) is 10.9. The molecule has 1 aliphatic rings. The van der Waals surface area contributed by atoms with E-state index in [1.807, 2.05) is 30.5 Å². The number of fused-ring (bicyclic) bond motifs is 1. The molecule has 1 saturated heterocycles. The molecule has 1 aliphatic heterocycles. The lowest BCUT2D eigenvalue weighted by Crippen LogP contribution is -2.36. The topological polar surface area (TPSA) is 42.0 Å². The summed E-state index contributed by atoms with van der Waals surface area (Å²) in [5.74, 6) is 0.186. The minimum absolute atomic E-state index is 0.0462. The first kappa shape index (κ1) is 12.3.